The number of sulfonamides is 1. The number of hydrogen-bond acceptors (Lipinski definition) is 11. The summed E-state index contributed by atoms with van der Waals surface area (Å²) in [5.74, 6) is 1.86. The number of aliphatic hydroxyl groups excluding tert-OH is 1. The van der Waals surface area contributed by atoms with Crippen molar-refractivity contribution < 1.29 is 27.9 Å². The van der Waals surface area contributed by atoms with Crippen LogP contribution in [-0.4, -0.2) is 111 Å². The maximum Gasteiger partial charge on any atom is 0.329 e. The molecule has 2 saturated carbocycles. The summed E-state index contributed by atoms with van der Waals surface area (Å²) < 4.78 is 31.6. The van der Waals surface area contributed by atoms with Crippen molar-refractivity contribution >= 4 is 56.4 Å². The molecule has 3 N–H and O–H groups in total. The number of urea groups is 1. The second-order valence-electron chi connectivity index (χ2n) is 18.2. The molecule has 0 radical (unpaired) electrons. The Morgan fingerprint density at radius 2 is 1.72 bits per heavy atom. The lowest BCUT2D eigenvalue weighted by Crippen LogP contribution is -2.49. The van der Waals surface area contributed by atoms with E-state index in [1.54, 1.807) is 21.3 Å². The van der Waals surface area contributed by atoms with E-state index in [1.165, 1.54) is 10.5 Å². The zero-order valence-electron chi connectivity index (χ0n) is 34.8. The Kier molecular flexibility index (Phi) is 10.2. The molecule has 3 saturated heterocycles. The molecule has 10 rings (SSSR count). The molecule has 6 aliphatic rings. The number of carbonyl (C=O) groups is 3. The quantitative estimate of drug-likeness (QED) is 0.216. The highest BCUT2D eigenvalue weighted by Gasteiger charge is 2.61. The fourth-order valence-electron chi connectivity index (χ4n) is 10.5. The maximum atomic E-state index is 14.1. The monoisotopic (exact) mass is 850 g/mol. The van der Waals surface area contributed by atoms with Crippen molar-refractivity contribution in [2.24, 2.45) is 7.05 Å². The van der Waals surface area contributed by atoms with Crippen LogP contribution in [0.3, 0.4) is 0 Å². The minimum atomic E-state index is -3.72. The number of fused-ring (bicyclic) bond motifs is 3. The van der Waals surface area contributed by atoms with Crippen LogP contribution in [0.1, 0.15) is 98.8 Å². The summed E-state index contributed by atoms with van der Waals surface area (Å²) in [5, 5.41) is 21.7. The smallest absolute Gasteiger partial charge is 0.329 e. The number of rotatable bonds is 9. The molecule has 2 aromatic carbocycles. The number of nitrogens with zero attached hydrogens (tertiary/aromatic N) is 8. The first-order valence-electron chi connectivity index (χ1n) is 21.9. The lowest BCUT2D eigenvalue weighted by atomic mass is 9.88. The van der Waals surface area contributed by atoms with E-state index < -0.39 is 27.6 Å². The molecule has 6 heterocycles. The number of benzene rings is 2. The number of imide groups is 1. The number of nitrogens with one attached hydrogen (secondary N) is 2. The molecule has 2 atom stereocenters. The van der Waals surface area contributed by atoms with Crippen LogP contribution in [0, 0.1) is 6.92 Å². The van der Waals surface area contributed by atoms with E-state index in [2.05, 4.69) is 43.8 Å². The van der Waals surface area contributed by atoms with Crippen molar-refractivity contribution in [2.75, 3.05) is 47.8 Å². The third-order valence-electron chi connectivity index (χ3n) is 14.0. The highest BCUT2D eigenvalue weighted by Crippen LogP contribution is 2.57. The first-order chi connectivity index (χ1) is 29.4. The first-order valence-corrected chi connectivity index (χ1v) is 23.4. The number of aromatic nitrogens is 4. The van der Waals surface area contributed by atoms with Gasteiger partial charge in [0, 0.05) is 68.9 Å². The van der Waals surface area contributed by atoms with Crippen LogP contribution in [-0.2, 0) is 38.6 Å². The average molecular weight is 851 g/mol. The molecule has 0 unspecified atom stereocenters. The van der Waals surface area contributed by atoms with Crippen LogP contribution in [0.5, 0.6) is 0 Å². The van der Waals surface area contributed by atoms with Crippen molar-refractivity contribution in [1.82, 2.24) is 34.3 Å². The number of likely N-dealkylation sites (tertiary alicyclic amines) is 1. The molecule has 2 aromatic heterocycles. The van der Waals surface area contributed by atoms with Gasteiger partial charge < -0.3 is 10.4 Å². The van der Waals surface area contributed by atoms with E-state index in [9.17, 15) is 27.9 Å². The predicted molar refractivity (Wildman–Crippen MR) is 229 cm³/mol. The molecule has 61 heavy (non-hydrogen) atoms. The fourth-order valence-corrected chi connectivity index (χ4v) is 12.1. The van der Waals surface area contributed by atoms with Gasteiger partial charge in [-0.05, 0) is 131 Å². The normalized spacial score (nSPS) is 24.1. The molecule has 4 aromatic rings. The van der Waals surface area contributed by atoms with Gasteiger partial charge in [-0.2, -0.15) is 14.4 Å². The zero-order valence-corrected chi connectivity index (χ0v) is 35.7. The number of aryl methyl sites for hydroxylation is 2. The van der Waals surface area contributed by atoms with Crippen molar-refractivity contribution in [3.8, 4) is 0 Å². The molecule has 16 nitrogen and oxygen atoms in total. The molecule has 4 aliphatic heterocycles. The lowest BCUT2D eigenvalue weighted by Gasteiger charge is -2.34. The van der Waals surface area contributed by atoms with Gasteiger partial charge in [-0.3, -0.25) is 34.3 Å². The van der Waals surface area contributed by atoms with Gasteiger partial charge in [0.2, 0.25) is 27.8 Å². The molecular weight excluding hydrogens is 797 g/mol. The fraction of sp³-hybridized carbons (Fsp3) is 0.545. The van der Waals surface area contributed by atoms with Gasteiger partial charge >= 0.3 is 6.03 Å². The molecule has 5 fully saturated rings. The zero-order chi connectivity index (χ0) is 42.2. The number of anilines is 3. The molecular formula is C44H54N10O6S. The Labute approximate surface area is 355 Å². The number of carbonyl (C=O) groups excluding carboxylic acids is 3. The SMILES string of the molecule is Cc1cc(CN2CCC(c3ccc4c(N5CCC(=O)NC5=O)nn(C)c4c3)CC2)cc(S(=O)(=O)N2CCC(Nc3ncc4c(n3)N([C@@H]3CCC[C@@H](O)C3)C(=O)C43CC3)CC2)c1. The molecule has 4 amide bonds. The van der Waals surface area contributed by atoms with Gasteiger partial charge in [-0.1, -0.05) is 12.1 Å². The number of aliphatic hydroxyl groups is 1. The topological polar surface area (TPSA) is 186 Å². The van der Waals surface area contributed by atoms with Crippen LogP contribution in [0.2, 0.25) is 0 Å². The third kappa shape index (κ3) is 7.36. The van der Waals surface area contributed by atoms with Gasteiger partial charge in [0.25, 0.3) is 0 Å². The second-order valence-corrected chi connectivity index (χ2v) is 20.1. The molecule has 0 bridgehead atoms. The Balaban J connectivity index is 0.754. The van der Waals surface area contributed by atoms with E-state index in [-0.39, 0.29) is 30.3 Å². The third-order valence-corrected chi connectivity index (χ3v) is 15.9. The minimum absolute atomic E-state index is 0.0169. The largest absolute Gasteiger partial charge is 0.393 e. The Morgan fingerprint density at radius 1 is 0.934 bits per heavy atom. The summed E-state index contributed by atoms with van der Waals surface area (Å²) in [4.78, 5) is 53.5. The van der Waals surface area contributed by atoms with E-state index in [0.717, 1.165) is 85.6 Å². The minimum Gasteiger partial charge on any atom is -0.393 e. The van der Waals surface area contributed by atoms with E-state index in [4.69, 9.17) is 4.98 Å². The second kappa shape index (κ2) is 15.4. The van der Waals surface area contributed by atoms with Crippen molar-refractivity contribution in [1.29, 1.82) is 0 Å². The summed E-state index contributed by atoms with van der Waals surface area (Å²) in [6.45, 7) is 5.42. The summed E-state index contributed by atoms with van der Waals surface area (Å²) in [5.41, 5.74) is 4.46. The summed E-state index contributed by atoms with van der Waals surface area (Å²) >= 11 is 0. The number of piperidine rings is 2. The maximum absolute atomic E-state index is 14.1. The standard InChI is InChI=1S/C44H54N10O6S/c1-27-20-28(26-51-15-8-29(9-16-51)30-6-7-35-37(23-30)50(2)49-39(35)53-19-12-38(56)47-43(53)58)22-34(21-27)61(59,60)52-17-10-31(11-18-52)46-42-45-25-36-40(48-42)54(41(57)44(36)13-14-44)32-4-3-5-33(55)24-32/h6-7,20-23,25,29,31-33,55H,3-5,8-19,24,26H2,1-2H3,(H,45,46,48)(H,47,56,58)/t32-,33-/m1/s1. The van der Waals surface area contributed by atoms with Gasteiger partial charge in [0.15, 0.2) is 5.82 Å². The van der Waals surface area contributed by atoms with Gasteiger partial charge in [0.1, 0.15) is 5.82 Å². The summed E-state index contributed by atoms with van der Waals surface area (Å²) in [7, 11) is -1.85. The van der Waals surface area contributed by atoms with Crippen LogP contribution in [0.25, 0.3) is 10.9 Å². The van der Waals surface area contributed by atoms with Crippen LogP contribution in [0.4, 0.5) is 22.4 Å². The van der Waals surface area contributed by atoms with E-state index in [0.29, 0.717) is 73.8 Å². The molecule has 1 spiro atoms. The number of amides is 4. The Bertz CT molecular complexity index is 2520. The molecule has 2 aliphatic carbocycles. The van der Waals surface area contributed by atoms with Crippen LogP contribution >= 0.6 is 0 Å². The van der Waals surface area contributed by atoms with Crippen molar-refractivity contribution in [2.45, 2.75) is 119 Å². The van der Waals surface area contributed by atoms with Crippen molar-refractivity contribution in [3.63, 3.8) is 0 Å². The van der Waals surface area contributed by atoms with Gasteiger partial charge in [-0.25, -0.2) is 18.2 Å². The summed E-state index contributed by atoms with van der Waals surface area (Å²) in [6, 6.07) is 11.5. The highest BCUT2D eigenvalue weighted by atomic mass is 32.2. The van der Waals surface area contributed by atoms with Crippen molar-refractivity contribution in [3.05, 3.63) is 64.8 Å². The van der Waals surface area contributed by atoms with Crippen LogP contribution in [0.15, 0.2) is 47.5 Å². The van der Waals surface area contributed by atoms with Gasteiger partial charge in [-0.15, -0.1) is 0 Å². The van der Waals surface area contributed by atoms with E-state index in [1.807, 2.05) is 31.0 Å². The predicted octanol–water partition coefficient (Wildman–Crippen LogP) is 4.44. The highest BCUT2D eigenvalue weighted by molar-refractivity contribution is 7.89. The van der Waals surface area contributed by atoms with E-state index >= 15 is 0 Å². The Hall–Kier alpha value is -4.97. The number of hydrogen-bond donors (Lipinski definition) is 3. The summed E-state index contributed by atoms with van der Waals surface area (Å²) in [6.07, 6.45) is 9.42. The lowest BCUT2D eigenvalue weighted by molar-refractivity contribution is -0.121. The molecule has 17 heteroatoms. The van der Waals surface area contributed by atoms with Crippen LogP contribution < -0.4 is 20.4 Å². The molecule has 322 valence electrons. The Morgan fingerprint density at radius 3 is 2.46 bits per heavy atom. The van der Waals surface area contributed by atoms with Gasteiger partial charge in [0.05, 0.1) is 21.9 Å². The first kappa shape index (κ1) is 40.1. The average Bonchev–Trinajstić information content (AvgIpc) is 3.93.